The number of carbonyl (C=O) groups is 1. The molecule has 0 saturated heterocycles. The van der Waals surface area contributed by atoms with Gasteiger partial charge < -0.3 is 0 Å². The number of halogens is 2. The Balaban J connectivity index is 1.90. The predicted molar refractivity (Wildman–Crippen MR) is 103 cm³/mol. The molecule has 1 heterocycles. The molecule has 0 atom stereocenters. The van der Waals surface area contributed by atoms with Gasteiger partial charge in [0.1, 0.15) is 0 Å². The van der Waals surface area contributed by atoms with Gasteiger partial charge in [-0.1, -0.05) is 0 Å². The molecular weight excluding hydrogens is 386 g/mol. The van der Waals surface area contributed by atoms with Crippen molar-refractivity contribution in [3.05, 3.63) is 76.5 Å². The summed E-state index contributed by atoms with van der Waals surface area (Å²) in [6.45, 7) is 2.05. The number of aromatic nitrogens is 1. The van der Waals surface area contributed by atoms with E-state index in [1.807, 2.05) is 13.0 Å². The SMILES string of the molecule is Cc1cnc2ccc(C(=O)c3cc(CCCN[SH](=O)=O)cc(F)c3F)cc2c1. The van der Waals surface area contributed by atoms with E-state index < -0.39 is 28.3 Å². The molecular formula is C20H18F2N2O3S. The molecule has 0 aliphatic carbocycles. The second-order valence-corrected chi connectivity index (χ2v) is 7.29. The minimum Gasteiger partial charge on any atom is -0.288 e. The average molecular weight is 404 g/mol. The molecule has 0 spiro atoms. The van der Waals surface area contributed by atoms with Crippen molar-refractivity contribution >= 4 is 27.6 Å². The third-order valence-electron chi connectivity index (χ3n) is 4.30. The lowest BCUT2D eigenvalue weighted by Crippen LogP contribution is -2.13. The summed E-state index contributed by atoms with van der Waals surface area (Å²) in [4.78, 5) is 17.1. The van der Waals surface area contributed by atoms with E-state index in [4.69, 9.17) is 0 Å². The van der Waals surface area contributed by atoms with Gasteiger partial charge in [-0.25, -0.2) is 21.9 Å². The van der Waals surface area contributed by atoms with Crippen LogP contribution in [0.4, 0.5) is 8.78 Å². The first-order valence-corrected chi connectivity index (χ1v) is 9.80. The fraction of sp³-hybridized carbons (Fsp3) is 0.200. The van der Waals surface area contributed by atoms with Crippen LogP contribution in [0, 0.1) is 18.6 Å². The van der Waals surface area contributed by atoms with Crippen LogP contribution in [0.5, 0.6) is 0 Å². The number of nitrogens with zero attached hydrogens (tertiary/aromatic N) is 1. The van der Waals surface area contributed by atoms with Crippen molar-refractivity contribution in [3.63, 3.8) is 0 Å². The number of carbonyl (C=O) groups excluding carboxylic acids is 1. The molecule has 28 heavy (non-hydrogen) atoms. The fourth-order valence-corrected chi connectivity index (χ4v) is 3.30. The normalized spacial score (nSPS) is 11.3. The molecule has 0 aliphatic rings. The average Bonchev–Trinajstić information content (AvgIpc) is 2.66. The molecule has 0 aliphatic heterocycles. The highest BCUT2D eigenvalue weighted by Crippen LogP contribution is 2.22. The molecule has 3 aromatic rings. The molecule has 0 bridgehead atoms. The minimum absolute atomic E-state index is 0.179. The summed E-state index contributed by atoms with van der Waals surface area (Å²) in [5.41, 5.74) is 1.93. The number of rotatable bonds is 7. The Hall–Kier alpha value is -2.71. The van der Waals surface area contributed by atoms with Crippen molar-refractivity contribution in [3.8, 4) is 0 Å². The highest BCUT2D eigenvalue weighted by atomic mass is 32.2. The Morgan fingerprint density at radius 1 is 1.14 bits per heavy atom. The van der Waals surface area contributed by atoms with Gasteiger partial charge >= 0.3 is 0 Å². The summed E-state index contributed by atoms with van der Waals surface area (Å²) in [5.74, 6) is -2.93. The van der Waals surface area contributed by atoms with Crippen molar-refractivity contribution < 1.29 is 22.0 Å². The molecule has 0 saturated carbocycles. The Labute approximate surface area is 162 Å². The lowest BCUT2D eigenvalue weighted by Gasteiger charge is -2.09. The number of hydrogen-bond donors (Lipinski definition) is 2. The zero-order chi connectivity index (χ0) is 20.3. The van der Waals surface area contributed by atoms with Gasteiger partial charge in [-0.05, 0) is 67.3 Å². The highest BCUT2D eigenvalue weighted by molar-refractivity contribution is 7.70. The van der Waals surface area contributed by atoms with Gasteiger partial charge in [-0.3, -0.25) is 9.78 Å². The van der Waals surface area contributed by atoms with Gasteiger partial charge in [0.25, 0.3) is 0 Å². The van der Waals surface area contributed by atoms with E-state index in [1.165, 1.54) is 12.1 Å². The Morgan fingerprint density at radius 2 is 1.93 bits per heavy atom. The number of aryl methyl sites for hydroxylation is 2. The van der Waals surface area contributed by atoms with E-state index >= 15 is 0 Å². The predicted octanol–water partition coefficient (Wildman–Crippen LogP) is 3.10. The van der Waals surface area contributed by atoms with Crippen molar-refractivity contribution in [2.45, 2.75) is 19.8 Å². The Bertz CT molecular complexity index is 1120. The van der Waals surface area contributed by atoms with E-state index in [9.17, 15) is 22.0 Å². The van der Waals surface area contributed by atoms with Crippen molar-refractivity contribution in [2.24, 2.45) is 0 Å². The van der Waals surface area contributed by atoms with Crippen LogP contribution in [0.1, 0.15) is 33.5 Å². The third-order valence-corrected chi connectivity index (χ3v) is 4.78. The first-order chi connectivity index (χ1) is 13.3. The van der Waals surface area contributed by atoms with E-state index in [0.717, 1.165) is 17.0 Å². The van der Waals surface area contributed by atoms with Crippen molar-refractivity contribution in [2.75, 3.05) is 6.54 Å². The second kappa shape index (κ2) is 8.53. The first-order valence-electron chi connectivity index (χ1n) is 8.62. The van der Waals surface area contributed by atoms with Gasteiger partial charge in [-0.2, -0.15) is 0 Å². The molecule has 3 rings (SSSR count). The number of ketones is 1. The summed E-state index contributed by atoms with van der Waals surface area (Å²) < 4.78 is 51.5. The summed E-state index contributed by atoms with van der Waals surface area (Å²) in [6, 6.07) is 9.01. The third kappa shape index (κ3) is 4.58. The quantitative estimate of drug-likeness (QED) is 0.360. The lowest BCUT2D eigenvalue weighted by atomic mass is 9.97. The number of thiol groups is 1. The highest BCUT2D eigenvalue weighted by Gasteiger charge is 2.19. The summed E-state index contributed by atoms with van der Waals surface area (Å²) in [7, 11) is -2.70. The lowest BCUT2D eigenvalue weighted by molar-refractivity contribution is 0.103. The minimum atomic E-state index is -2.70. The van der Waals surface area contributed by atoms with Crippen molar-refractivity contribution in [1.82, 2.24) is 9.71 Å². The van der Waals surface area contributed by atoms with Crippen LogP contribution in [0.25, 0.3) is 10.9 Å². The van der Waals surface area contributed by atoms with Gasteiger partial charge in [0.2, 0.25) is 10.9 Å². The van der Waals surface area contributed by atoms with Crippen molar-refractivity contribution in [1.29, 1.82) is 0 Å². The van der Waals surface area contributed by atoms with E-state index in [1.54, 1.807) is 18.3 Å². The number of hydrogen-bond acceptors (Lipinski definition) is 4. The van der Waals surface area contributed by atoms with Gasteiger partial charge in [-0.15, -0.1) is 0 Å². The van der Waals surface area contributed by atoms with Crippen LogP contribution >= 0.6 is 0 Å². The summed E-state index contributed by atoms with van der Waals surface area (Å²) in [5, 5.41) is 0.737. The summed E-state index contributed by atoms with van der Waals surface area (Å²) >= 11 is 0. The maximum absolute atomic E-state index is 14.3. The van der Waals surface area contributed by atoms with Crippen LogP contribution in [0.15, 0.2) is 42.6 Å². The largest absolute Gasteiger partial charge is 0.288 e. The number of fused-ring (bicyclic) bond motifs is 1. The molecule has 1 N–H and O–H groups in total. The smallest absolute Gasteiger partial charge is 0.201 e. The zero-order valence-electron chi connectivity index (χ0n) is 15.0. The molecule has 5 nitrogen and oxygen atoms in total. The van der Waals surface area contributed by atoms with Crippen LogP contribution < -0.4 is 4.72 Å². The number of nitrogens with one attached hydrogen (secondary N) is 1. The van der Waals surface area contributed by atoms with Gasteiger partial charge in [0.15, 0.2) is 17.4 Å². The van der Waals surface area contributed by atoms with Crippen LogP contribution in [-0.4, -0.2) is 25.7 Å². The van der Waals surface area contributed by atoms with Crippen LogP contribution in [0.2, 0.25) is 0 Å². The maximum atomic E-state index is 14.3. The second-order valence-electron chi connectivity index (χ2n) is 6.46. The van der Waals surface area contributed by atoms with E-state index in [-0.39, 0.29) is 17.7 Å². The molecule has 8 heteroatoms. The molecule has 0 amide bonds. The Morgan fingerprint density at radius 3 is 2.68 bits per heavy atom. The van der Waals surface area contributed by atoms with Gasteiger partial charge in [0, 0.05) is 23.7 Å². The summed E-state index contributed by atoms with van der Waals surface area (Å²) in [6.07, 6.45) is 2.40. The number of pyridine rings is 1. The van der Waals surface area contributed by atoms with Crippen LogP contribution in [-0.2, 0) is 17.3 Å². The molecule has 1 aromatic heterocycles. The maximum Gasteiger partial charge on any atom is 0.201 e. The molecule has 2 aromatic carbocycles. The van der Waals surface area contributed by atoms with Gasteiger partial charge in [0.05, 0.1) is 11.1 Å². The van der Waals surface area contributed by atoms with E-state index in [2.05, 4.69) is 9.71 Å². The molecule has 0 unspecified atom stereocenters. The first kappa shape index (κ1) is 20.0. The topological polar surface area (TPSA) is 76.1 Å². The molecule has 0 fully saturated rings. The zero-order valence-corrected chi connectivity index (χ0v) is 15.9. The fourth-order valence-electron chi connectivity index (χ4n) is 2.96. The monoisotopic (exact) mass is 404 g/mol. The number of benzene rings is 2. The standard InChI is InChI=1S/C20H18F2N2O3S/c1-12-7-15-10-14(4-5-18(15)23-11-12)20(25)16-8-13(9-17(21)19(16)22)3-2-6-24-28(26)27/h4-5,7-11,28H,2-3,6H2,1H3,(H,24,26,27). The van der Waals surface area contributed by atoms with E-state index in [0.29, 0.717) is 23.9 Å². The van der Waals surface area contributed by atoms with Crippen LogP contribution in [0.3, 0.4) is 0 Å². The Kier molecular flexibility index (Phi) is 6.11. The molecule has 0 radical (unpaired) electrons. The molecule has 146 valence electrons.